The van der Waals surface area contributed by atoms with Crippen molar-refractivity contribution in [2.45, 2.75) is 70.1 Å². The van der Waals surface area contributed by atoms with Gasteiger partial charge in [-0.1, -0.05) is 37.5 Å². The number of aryl methyl sites for hydroxylation is 1. The average molecular weight is 356 g/mol. The summed E-state index contributed by atoms with van der Waals surface area (Å²) in [7, 11) is 0. The zero-order valence-corrected chi connectivity index (χ0v) is 15.4. The van der Waals surface area contributed by atoms with Gasteiger partial charge in [-0.3, -0.25) is 0 Å². The fourth-order valence-electron chi connectivity index (χ4n) is 5.30. The number of aromatic nitrogens is 1. The lowest BCUT2D eigenvalue weighted by atomic mass is 9.65. The zero-order valence-electron chi connectivity index (χ0n) is 15.4. The van der Waals surface area contributed by atoms with Gasteiger partial charge in [-0.05, 0) is 44.6 Å². The first-order valence-electron chi connectivity index (χ1n) is 9.89. The summed E-state index contributed by atoms with van der Waals surface area (Å²) in [6.45, 7) is 2.56. The molecule has 26 heavy (non-hydrogen) atoms. The van der Waals surface area contributed by atoms with Gasteiger partial charge in [0.2, 0.25) is 0 Å². The van der Waals surface area contributed by atoms with Gasteiger partial charge in [-0.2, -0.15) is 0 Å². The number of hydrogen-bond acceptors (Lipinski definition) is 3. The van der Waals surface area contributed by atoms with Gasteiger partial charge in [0.1, 0.15) is 0 Å². The minimum Gasteiger partial charge on any atom is -0.477 e. The monoisotopic (exact) mass is 356 g/mol. The Morgan fingerprint density at radius 2 is 2.00 bits per heavy atom. The van der Waals surface area contributed by atoms with Crippen LogP contribution >= 0.6 is 0 Å². The second-order valence-electron chi connectivity index (χ2n) is 7.85. The minimum absolute atomic E-state index is 0.0873. The topological polar surface area (TPSA) is 74.5 Å². The van der Waals surface area contributed by atoms with Crippen LogP contribution in [0.5, 0.6) is 0 Å². The predicted molar refractivity (Wildman–Crippen MR) is 103 cm³/mol. The first kappa shape index (κ1) is 17.4. The highest BCUT2D eigenvalue weighted by molar-refractivity contribution is 6.06. The van der Waals surface area contributed by atoms with E-state index < -0.39 is 11.6 Å². The molecule has 0 saturated heterocycles. The van der Waals surface area contributed by atoms with Gasteiger partial charge in [0.15, 0.2) is 5.69 Å². The van der Waals surface area contributed by atoms with E-state index in [1.807, 2.05) is 35.8 Å². The Labute approximate surface area is 154 Å². The molecule has 2 fully saturated rings. The van der Waals surface area contributed by atoms with E-state index in [0.717, 1.165) is 49.4 Å². The molecule has 2 aliphatic carbocycles. The third kappa shape index (κ3) is 2.60. The molecule has 0 amide bonds. The molecule has 140 valence electrons. The van der Waals surface area contributed by atoms with Gasteiger partial charge in [-0.15, -0.1) is 0 Å². The van der Waals surface area contributed by atoms with Crippen molar-refractivity contribution in [3.05, 3.63) is 30.0 Å². The minimum atomic E-state index is -0.923. The number of nitrogens with zero attached hydrogens (tertiary/aromatic N) is 1. The molecule has 0 bridgehead atoms. The molecule has 4 rings (SSSR count). The second kappa shape index (κ2) is 6.62. The standard InChI is InChI=1S/C21H28N2O3/c1-2-23-16-11-4-3-10-15(16)18(19(23)20(24)25)22-17-12-7-9-14-8-5-6-13-21(14,17)26/h3-4,10-11,14,17,22,26H,2,5-9,12-13H2,1H3,(H,24,25)/t14-,17?,21-/m1/s1. The largest absolute Gasteiger partial charge is 0.477 e. The molecule has 1 aromatic heterocycles. The van der Waals surface area contributed by atoms with Crippen molar-refractivity contribution in [3.8, 4) is 0 Å². The number of rotatable bonds is 4. The van der Waals surface area contributed by atoms with Gasteiger partial charge in [0.05, 0.1) is 22.8 Å². The Kier molecular flexibility index (Phi) is 4.43. The van der Waals surface area contributed by atoms with Crippen LogP contribution in [0.1, 0.15) is 62.4 Å². The number of nitrogens with one attached hydrogen (secondary N) is 1. The van der Waals surface area contributed by atoms with Crippen molar-refractivity contribution in [3.63, 3.8) is 0 Å². The molecule has 5 heteroatoms. The van der Waals surface area contributed by atoms with Crippen LogP contribution in [-0.2, 0) is 6.54 Å². The Hall–Kier alpha value is -2.01. The molecule has 1 heterocycles. The van der Waals surface area contributed by atoms with E-state index in [0.29, 0.717) is 23.8 Å². The summed E-state index contributed by atoms with van der Waals surface area (Å²) in [5, 5.41) is 25.8. The number of anilines is 1. The molecule has 2 saturated carbocycles. The summed E-state index contributed by atoms with van der Waals surface area (Å²) < 4.78 is 1.85. The third-order valence-electron chi connectivity index (χ3n) is 6.54. The number of carboxylic acid groups (broad SMARTS) is 1. The summed E-state index contributed by atoms with van der Waals surface area (Å²) in [6.07, 6.45) is 7.18. The number of aromatic carboxylic acids is 1. The lowest BCUT2D eigenvalue weighted by Crippen LogP contribution is -2.56. The zero-order chi connectivity index (χ0) is 18.3. The summed E-state index contributed by atoms with van der Waals surface area (Å²) >= 11 is 0. The van der Waals surface area contributed by atoms with Gasteiger partial charge >= 0.3 is 5.97 Å². The Bertz CT molecular complexity index is 826. The first-order valence-corrected chi connectivity index (χ1v) is 9.89. The fraction of sp³-hybridized carbons (Fsp3) is 0.571. The summed E-state index contributed by atoms with van der Waals surface area (Å²) in [5.41, 5.74) is 1.18. The number of para-hydroxylation sites is 1. The number of fused-ring (bicyclic) bond motifs is 2. The first-order chi connectivity index (χ1) is 12.6. The van der Waals surface area contributed by atoms with Crippen molar-refractivity contribution >= 4 is 22.6 Å². The average Bonchev–Trinajstić information content (AvgIpc) is 2.96. The molecular formula is C21H28N2O3. The predicted octanol–water partition coefficient (Wildman–Crippen LogP) is 4.25. The number of benzene rings is 1. The second-order valence-corrected chi connectivity index (χ2v) is 7.85. The Balaban J connectivity index is 1.79. The van der Waals surface area contributed by atoms with E-state index in [1.165, 1.54) is 6.42 Å². The molecule has 0 radical (unpaired) electrons. The number of carbonyl (C=O) groups is 1. The van der Waals surface area contributed by atoms with Gasteiger partial charge in [0.25, 0.3) is 0 Å². The lowest BCUT2D eigenvalue weighted by Gasteiger charge is -2.49. The highest BCUT2D eigenvalue weighted by Gasteiger charge is 2.47. The van der Waals surface area contributed by atoms with Crippen LogP contribution in [0.2, 0.25) is 0 Å². The van der Waals surface area contributed by atoms with Gasteiger partial charge in [-0.25, -0.2) is 4.79 Å². The maximum absolute atomic E-state index is 12.1. The molecule has 0 aliphatic heterocycles. The van der Waals surface area contributed by atoms with E-state index >= 15 is 0 Å². The smallest absolute Gasteiger partial charge is 0.354 e. The van der Waals surface area contributed by atoms with Crippen LogP contribution in [0, 0.1) is 5.92 Å². The van der Waals surface area contributed by atoms with Gasteiger partial charge in [0, 0.05) is 11.9 Å². The highest BCUT2D eigenvalue weighted by Crippen LogP contribution is 2.45. The highest BCUT2D eigenvalue weighted by atomic mass is 16.4. The van der Waals surface area contributed by atoms with Crippen LogP contribution in [0.3, 0.4) is 0 Å². The number of hydrogen-bond donors (Lipinski definition) is 3. The molecule has 3 atom stereocenters. The maximum atomic E-state index is 12.1. The van der Waals surface area contributed by atoms with E-state index in [1.54, 1.807) is 0 Å². The van der Waals surface area contributed by atoms with Crippen LogP contribution in [0.25, 0.3) is 10.9 Å². The van der Waals surface area contributed by atoms with Crippen molar-refractivity contribution in [1.82, 2.24) is 4.57 Å². The van der Waals surface area contributed by atoms with E-state index in [2.05, 4.69) is 5.32 Å². The normalized spacial score (nSPS) is 28.7. The number of aliphatic hydroxyl groups is 1. The maximum Gasteiger partial charge on any atom is 0.354 e. The van der Waals surface area contributed by atoms with Crippen LogP contribution in [0.15, 0.2) is 24.3 Å². The lowest BCUT2D eigenvalue weighted by molar-refractivity contribution is -0.0835. The molecule has 0 spiro atoms. The molecule has 2 aromatic rings. The molecule has 1 aromatic carbocycles. The summed E-state index contributed by atoms with van der Waals surface area (Å²) in [6, 6.07) is 7.74. The van der Waals surface area contributed by atoms with Crippen molar-refractivity contribution in [2.24, 2.45) is 5.92 Å². The van der Waals surface area contributed by atoms with E-state index in [-0.39, 0.29) is 6.04 Å². The van der Waals surface area contributed by atoms with Crippen molar-refractivity contribution in [1.29, 1.82) is 0 Å². The van der Waals surface area contributed by atoms with Crippen molar-refractivity contribution < 1.29 is 15.0 Å². The SMILES string of the molecule is CCn1c(C(=O)O)c(NC2CCC[C@H]3CCCC[C@]23O)c2ccccc21. The Morgan fingerprint density at radius 3 is 2.77 bits per heavy atom. The van der Waals surface area contributed by atoms with Crippen LogP contribution < -0.4 is 5.32 Å². The van der Waals surface area contributed by atoms with E-state index in [9.17, 15) is 15.0 Å². The van der Waals surface area contributed by atoms with E-state index in [4.69, 9.17) is 0 Å². The van der Waals surface area contributed by atoms with Crippen LogP contribution in [0.4, 0.5) is 5.69 Å². The molecule has 1 unspecified atom stereocenters. The summed E-state index contributed by atoms with van der Waals surface area (Å²) in [4.78, 5) is 12.1. The van der Waals surface area contributed by atoms with Crippen LogP contribution in [-0.4, -0.2) is 32.4 Å². The fourth-order valence-corrected chi connectivity index (χ4v) is 5.30. The third-order valence-corrected chi connectivity index (χ3v) is 6.54. The molecule has 5 nitrogen and oxygen atoms in total. The molecular weight excluding hydrogens is 328 g/mol. The van der Waals surface area contributed by atoms with Gasteiger partial charge < -0.3 is 20.1 Å². The molecule has 2 aliphatic rings. The quantitative estimate of drug-likeness (QED) is 0.766. The van der Waals surface area contributed by atoms with Crippen molar-refractivity contribution in [2.75, 3.05) is 5.32 Å². The number of carboxylic acids is 1. The Morgan fingerprint density at radius 1 is 1.23 bits per heavy atom. The summed E-state index contributed by atoms with van der Waals surface area (Å²) in [5.74, 6) is -0.594. The molecule has 3 N–H and O–H groups in total.